The van der Waals surface area contributed by atoms with Gasteiger partial charge in [-0.25, -0.2) is 0 Å². The molecule has 2 N–H and O–H groups in total. The van der Waals surface area contributed by atoms with Crippen molar-refractivity contribution in [1.29, 1.82) is 0 Å². The smallest absolute Gasteiger partial charge is 0.0534 e. The Labute approximate surface area is 108 Å². The van der Waals surface area contributed by atoms with Crippen LogP contribution in [0.5, 0.6) is 0 Å². The highest BCUT2D eigenvalue weighted by atomic mass is 15.2. The Bertz CT molecular complexity index is 504. The molecule has 1 heterocycles. The molecule has 0 aliphatic rings. The van der Waals surface area contributed by atoms with Crippen LogP contribution in [0.2, 0.25) is 0 Å². The zero-order chi connectivity index (χ0) is 13.0. The van der Waals surface area contributed by atoms with Crippen LogP contribution in [-0.4, -0.2) is 21.7 Å². The third kappa shape index (κ3) is 3.42. The van der Waals surface area contributed by atoms with E-state index >= 15 is 0 Å². The molecule has 0 fully saturated rings. The summed E-state index contributed by atoms with van der Waals surface area (Å²) in [5.41, 5.74) is 9.36. The predicted molar refractivity (Wildman–Crippen MR) is 72.7 cm³/mol. The van der Waals surface area contributed by atoms with E-state index in [1.165, 1.54) is 16.7 Å². The molecule has 4 heteroatoms. The molecular weight excluding hydrogens is 224 g/mol. The molecule has 0 saturated heterocycles. The first-order valence-electron chi connectivity index (χ1n) is 6.11. The molecule has 96 valence electrons. The van der Waals surface area contributed by atoms with Gasteiger partial charge in [0.1, 0.15) is 0 Å². The van der Waals surface area contributed by atoms with E-state index in [1.807, 2.05) is 24.1 Å². The molecule has 2 aromatic rings. The van der Waals surface area contributed by atoms with Crippen LogP contribution >= 0.6 is 0 Å². The van der Waals surface area contributed by atoms with Crippen LogP contribution in [-0.2, 0) is 26.7 Å². The first-order valence-corrected chi connectivity index (χ1v) is 6.11. The van der Waals surface area contributed by atoms with Crippen molar-refractivity contribution in [2.45, 2.75) is 19.6 Å². The second-order valence-electron chi connectivity index (χ2n) is 4.72. The third-order valence-corrected chi connectivity index (χ3v) is 2.89. The molecule has 0 atom stereocenters. The van der Waals surface area contributed by atoms with Gasteiger partial charge in [0.15, 0.2) is 0 Å². The van der Waals surface area contributed by atoms with Crippen LogP contribution in [0.4, 0.5) is 0 Å². The largest absolute Gasteiger partial charge is 0.326 e. The Morgan fingerprint density at radius 1 is 1.22 bits per heavy atom. The summed E-state index contributed by atoms with van der Waals surface area (Å²) >= 11 is 0. The number of hydrogen-bond donors (Lipinski definition) is 1. The van der Waals surface area contributed by atoms with Gasteiger partial charge < -0.3 is 5.73 Å². The predicted octanol–water partition coefficient (Wildman–Crippen LogP) is 1.51. The van der Waals surface area contributed by atoms with E-state index in [0.717, 1.165) is 13.1 Å². The summed E-state index contributed by atoms with van der Waals surface area (Å²) < 4.78 is 1.83. The summed E-state index contributed by atoms with van der Waals surface area (Å²) in [5.74, 6) is 0. The lowest BCUT2D eigenvalue weighted by Crippen LogP contribution is -2.17. The van der Waals surface area contributed by atoms with Gasteiger partial charge in [-0.2, -0.15) is 5.10 Å². The zero-order valence-electron chi connectivity index (χ0n) is 11.0. The van der Waals surface area contributed by atoms with Crippen molar-refractivity contribution in [2.24, 2.45) is 12.8 Å². The van der Waals surface area contributed by atoms with Crippen LogP contribution in [0.15, 0.2) is 36.7 Å². The van der Waals surface area contributed by atoms with Crippen molar-refractivity contribution in [3.8, 4) is 0 Å². The molecule has 0 radical (unpaired) electrons. The van der Waals surface area contributed by atoms with Crippen LogP contribution in [0.1, 0.15) is 16.7 Å². The Hall–Kier alpha value is -1.65. The van der Waals surface area contributed by atoms with Gasteiger partial charge in [-0.3, -0.25) is 9.58 Å². The quantitative estimate of drug-likeness (QED) is 0.867. The van der Waals surface area contributed by atoms with E-state index < -0.39 is 0 Å². The standard InChI is InChI=1S/C14H20N4/c1-17(10-14-8-16-18(2)11-14)9-13-5-3-4-12(6-13)7-15/h3-6,8,11H,7,9-10,15H2,1-2H3. The number of nitrogens with two attached hydrogens (primary N) is 1. The summed E-state index contributed by atoms with van der Waals surface area (Å²) in [6.45, 7) is 2.42. The second-order valence-corrected chi connectivity index (χ2v) is 4.72. The molecule has 0 bridgehead atoms. The maximum absolute atomic E-state index is 5.65. The maximum atomic E-state index is 5.65. The van der Waals surface area contributed by atoms with E-state index in [1.54, 1.807) is 0 Å². The molecule has 0 unspecified atom stereocenters. The summed E-state index contributed by atoms with van der Waals surface area (Å²) in [4.78, 5) is 2.27. The van der Waals surface area contributed by atoms with Gasteiger partial charge in [0.25, 0.3) is 0 Å². The fourth-order valence-corrected chi connectivity index (χ4v) is 2.09. The first kappa shape index (κ1) is 12.8. The van der Waals surface area contributed by atoms with Crippen molar-refractivity contribution in [2.75, 3.05) is 7.05 Å². The van der Waals surface area contributed by atoms with Gasteiger partial charge in [0, 0.05) is 38.4 Å². The number of aryl methyl sites for hydroxylation is 1. The average molecular weight is 244 g/mol. The van der Waals surface area contributed by atoms with Crippen LogP contribution in [0.3, 0.4) is 0 Å². The minimum Gasteiger partial charge on any atom is -0.326 e. The Kier molecular flexibility index (Phi) is 4.12. The third-order valence-electron chi connectivity index (χ3n) is 2.89. The molecular formula is C14H20N4. The second kappa shape index (κ2) is 5.80. The zero-order valence-corrected chi connectivity index (χ0v) is 11.0. The molecule has 0 amide bonds. The summed E-state index contributed by atoms with van der Waals surface area (Å²) in [6.07, 6.45) is 3.96. The minimum atomic E-state index is 0.597. The number of rotatable bonds is 5. The minimum absolute atomic E-state index is 0.597. The van der Waals surface area contributed by atoms with E-state index in [-0.39, 0.29) is 0 Å². The Morgan fingerprint density at radius 3 is 2.61 bits per heavy atom. The van der Waals surface area contributed by atoms with E-state index in [9.17, 15) is 0 Å². The van der Waals surface area contributed by atoms with Crippen LogP contribution < -0.4 is 5.73 Å². The molecule has 1 aromatic heterocycles. The van der Waals surface area contributed by atoms with Crippen molar-refractivity contribution in [3.05, 3.63) is 53.3 Å². The molecule has 0 aliphatic carbocycles. The molecule has 0 saturated carbocycles. The normalized spacial score (nSPS) is 11.1. The van der Waals surface area contributed by atoms with Crippen molar-refractivity contribution in [3.63, 3.8) is 0 Å². The van der Waals surface area contributed by atoms with Gasteiger partial charge >= 0.3 is 0 Å². The number of benzene rings is 1. The monoisotopic (exact) mass is 244 g/mol. The lowest BCUT2D eigenvalue weighted by atomic mass is 10.1. The highest BCUT2D eigenvalue weighted by Gasteiger charge is 2.04. The summed E-state index contributed by atoms with van der Waals surface area (Å²) in [6, 6.07) is 8.43. The van der Waals surface area contributed by atoms with Gasteiger partial charge in [-0.05, 0) is 18.2 Å². The lowest BCUT2D eigenvalue weighted by Gasteiger charge is -2.16. The first-order chi connectivity index (χ1) is 8.67. The van der Waals surface area contributed by atoms with E-state index in [0.29, 0.717) is 6.54 Å². The van der Waals surface area contributed by atoms with Crippen molar-refractivity contribution in [1.82, 2.24) is 14.7 Å². The van der Waals surface area contributed by atoms with E-state index in [2.05, 4.69) is 41.3 Å². The van der Waals surface area contributed by atoms with Gasteiger partial charge in [0.2, 0.25) is 0 Å². The lowest BCUT2D eigenvalue weighted by molar-refractivity contribution is 0.319. The number of aromatic nitrogens is 2. The van der Waals surface area contributed by atoms with Crippen LogP contribution in [0.25, 0.3) is 0 Å². The Morgan fingerprint density at radius 2 is 1.94 bits per heavy atom. The number of nitrogens with zero attached hydrogens (tertiary/aromatic N) is 3. The fraction of sp³-hybridized carbons (Fsp3) is 0.357. The maximum Gasteiger partial charge on any atom is 0.0534 e. The molecule has 0 aliphatic heterocycles. The molecule has 4 nitrogen and oxygen atoms in total. The van der Waals surface area contributed by atoms with Crippen LogP contribution in [0, 0.1) is 0 Å². The van der Waals surface area contributed by atoms with E-state index in [4.69, 9.17) is 5.73 Å². The number of hydrogen-bond acceptors (Lipinski definition) is 3. The molecule has 1 aromatic carbocycles. The Balaban J connectivity index is 1.96. The van der Waals surface area contributed by atoms with Gasteiger partial charge in [-0.1, -0.05) is 24.3 Å². The van der Waals surface area contributed by atoms with Gasteiger partial charge in [-0.15, -0.1) is 0 Å². The summed E-state index contributed by atoms with van der Waals surface area (Å²) in [7, 11) is 4.05. The van der Waals surface area contributed by atoms with Crippen molar-refractivity contribution < 1.29 is 0 Å². The highest BCUT2D eigenvalue weighted by molar-refractivity contribution is 5.23. The molecule has 0 spiro atoms. The average Bonchev–Trinajstić information content (AvgIpc) is 2.74. The summed E-state index contributed by atoms with van der Waals surface area (Å²) in [5, 5.41) is 4.18. The topological polar surface area (TPSA) is 47.1 Å². The SMILES string of the molecule is CN(Cc1cccc(CN)c1)Cc1cnn(C)c1. The van der Waals surface area contributed by atoms with Gasteiger partial charge in [0.05, 0.1) is 6.20 Å². The molecule has 2 rings (SSSR count). The fourth-order valence-electron chi connectivity index (χ4n) is 2.09. The molecule has 18 heavy (non-hydrogen) atoms. The van der Waals surface area contributed by atoms with Crippen molar-refractivity contribution >= 4 is 0 Å². The highest BCUT2D eigenvalue weighted by Crippen LogP contribution is 2.09.